The summed E-state index contributed by atoms with van der Waals surface area (Å²) in [6, 6.07) is 16.7. The topological polar surface area (TPSA) is 166 Å². The second-order valence-corrected chi connectivity index (χ2v) is 15.6. The molecule has 0 saturated carbocycles. The molecule has 52 heavy (non-hydrogen) atoms. The highest BCUT2D eigenvalue weighted by Crippen LogP contribution is 2.71. The first kappa shape index (κ1) is 36.9. The third-order valence-electron chi connectivity index (χ3n) is 12.7. The van der Waals surface area contributed by atoms with Gasteiger partial charge in [-0.15, -0.1) is 0 Å². The van der Waals surface area contributed by atoms with Crippen molar-refractivity contribution >= 4 is 39.7 Å². The molecule has 9 heteroatoms. The minimum absolute atomic E-state index is 0.0863. The Kier molecular flexibility index (Phi) is 8.98. The van der Waals surface area contributed by atoms with Crippen LogP contribution in [0.2, 0.25) is 0 Å². The molecule has 3 aliphatic rings. The molecular weight excluding hydrogens is 660 g/mol. The zero-order valence-corrected chi connectivity index (χ0v) is 30.7. The zero-order chi connectivity index (χ0) is 38.2. The van der Waals surface area contributed by atoms with Crippen molar-refractivity contribution in [3.63, 3.8) is 0 Å². The number of benzene rings is 3. The molecule has 0 heterocycles. The van der Waals surface area contributed by atoms with E-state index in [1.165, 1.54) is 0 Å². The van der Waals surface area contributed by atoms with Crippen molar-refractivity contribution < 1.29 is 44.4 Å². The third kappa shape index (κ3) is 4.88. The summed E-state index contributed by atoms with van der Waals surface area (Å²) in [5.74, 6) is -8.51. The summed E-state index contributed by atoms with van der Waals surface area (Å²) in [6.45, 7) is 11.3. The first-order valence-electron chi connectivity index (χ1n) is 17.9. The van der Waals surface area contributed by atoms with Gasteiger partial charge in [-0.3, -0.25) is 24.0 Å². The fraction of sp³-hybridized carbons (Fsp3) is 0.419. The summed E-state index contributed by atoms with van der Waals surface area (Å²) < 4.78 is 0. The Hall–Kier alpha value is -4.89. The van der Waals surface area contributed by atoms with E-state index in [0.717, 1.165) is 23.3 Å². The summed E-state index contributed by atoms with van der Waals surface area (Å²) in [5.41, 5.74) is -5.77. The monoisotopic (exact) mass is 706 g/mol. The largest absolute Gasteiger partial charge is 0.511 e. The van der Waals surface area contributed by atoms with E-state index < -0.39 is 80.3 Å². The van der Waals surface area contributed by atoms with Gasteiger partial charge < -0.3 is 20.4 Å². The maximum absolute atomic E-state index is 14.8. The average molecular weight is 707 g/mol. The molecule has 0 fully saturated rings. The van der Waals surface area contributed by atoms with E-state index in [9.17, 15) is 44.4 Å². The van der Waals surface area contributed by atoms with Gasteiger partial charge in [-0.05, 0) is 46.6 Å². The highest BCUT2D eigenvalue weighted by atomic mass is 16.4. The lowest BCUT2D eigenvalue weighted by Crippen LogP contribution is -2.71. The smallest absolute Gasteiger partial charge is 0.209 e. The quantitative estimate of drug-likeness (QED) is 0.171. The van der Waals surface area contributed by atoms with Crippen LogP contribution in [0.4, 0.5) is 0 Å². The highest BCUT2D eigenvalue weighted by molar-refractivity contribution is 6.25. The van der Waals surface area contributed by atoms with E-state index in [1.807, 2.05) is 42.5 Å². The molecule has 0 bridgehead atoms. The lowest BCUT2D eigenvalue weighted by atomic mass is 9.38. The number of aromatic hydroxyl groups is 1. The maximum atomic E-state index is 14.8. The number of allylic oxidation sites excluding steroid dienone is 2. The van der Waals surface area contributed by atoms with Crippen molar-refractivity contribution in [3.05, 3.63) is 99.5 Å². The van der Waals surface area contributed by atoms with Crippen LogP contribution in [0.3, 0.4) is 0 Å². The molecule has 0 amide bonds. The van der Waals surface area contributed by atoms with Gasteiger partial charge in [0.15, 0.2) is 17.2 Å². The molecule has 4 N–H and O–H groups in total. The average Bonchev–Trinajstić information content (AvgIpc) is 3.08. The summed E-state index contributed by atoms with van der Waals surface area (Å²) in [7, 11) is 0. The first-order chi connectivity index (χ1) is 24.4. The number of phenolic OH excluding ortho intramolecular Hbond substituents is 1. The number of Topliss-reactive ketones (excluding diaryl/α,β-unsaturated/α-hetero) is 5. The second-order valence-electron chi connectivity index (χ2n) is 15.6. The van der Waals surface area contributed by atoms with Gasteiger partial charge in [0.1, 0.15) is 34.4 Å². The normalized spacial score (nSPS) is 28.5. The highest BCUT2D eigenvalue weighted by Gasteiger charge is 2.75. The number of carbonyl (C=O) groups is 5. The number of hydrogen-bond donors (Lipinski definition) is 4. The molecule has 3 aromatic rings. The molecule has 3 aromatic carbocycles. The van der Waals surface area contributed by atoms with Crippen LogP contribution in [0.1, 0.15) is 94.3 Å². The molecule has 0 spiro atoms. The molecule has 0 aliphatic heterocycles. The van der Waals surface area contributed by atoms with Gasteiger partial charge >= 0.3 is 0 Å². The Labute approximate surface area is 303 Å². The van der Waals surface area contributed by atoms with E-state index >= 15 is 0 Å². The first-order valence-corrected chi connectivity index (χ1v) is 17.9. The predicted molar refractivity (Wildman–Crippen MR) is 195 cm³/mol. The van der Waals surface area contributed by atoms with Crippen LogP contribution in [0.25, 0.3) is 10.8 Å². The van der Waals surface area contributed by atoms with E-state index in [-0.39, 0.29) is 53.9 Å². The zero-order valence-electron chi connectivity index (χ0n) is 30.7. The lowest BCUT2D eigenvalue weighted by Gasteiger charge is -2.65. The predicted octanol–water partition coefficient (Wildman–Crippen LogP) is 7.01. The van der Waals surface area contributed by atoms with Gasteiger partial charge in [-0.1, -0.05) is 96.1 Å². The minimum Gasteiger partial charge on any atom is -0.511 e. The van der Waals surface area contributed by atoms with E-state index in [4.69, 9.17) is 0 Å². The number of rotatable bonds is 9. The Balaban J connectivity index is 1.53. The van der Waals surface area contributed by atoms with Crippen LogP contribution in [-0.2, 0) is 32.0 Å². The summed E-state index contributed by atoms with van der Waals surface area (Å²) in [4.78, 5) is 68.9. The Bertz CT molecular complexity index is 2150. The number of fused-ring (bicyclic) bond motifs is 4. The van der Waals surface area contributed by atoms with Crippen molar-refractivity contribution in [2.24, 2.45) is 28.6 Å². The lowest BCUT2D eigenvalue weighted by molar-refractivity contribution is -0.193. The molecule has 3 aliphatic carbocycles. The van der Waals surface area contributed by atoms with E-state index in [2.05, 4.69) is 0 Å². The number of aliphatic hydroxyl groups is 3. The van der Waals surface area contributed by atoms with Crippen LogP contribution in [0.15, 0.2) is 77.3 Å². The molecular formula is C43H46O9. The van der Waals surface area contributed by atoms with Gasteiger partial charge in [0.25, 0.3) is 0 Å². The van der Waals surface area contributed by atoms with Crippen molar-refractivity contribution in [2.75, 3.05) is 0 Å². The van der Waals surface area contributed by atoms with Crippen molar-refractivity contribution in [3.8, 4) is 5.75 Å². The van der Waals surface area contributed by atoms with E-state index in [1.54, 1.807) is 53.7 Å². The second kappa shape index (κ2) is 12.7. The fourth-order valence-corrected chi connectivity index (χ4v) is 10.1. The number of phenols is 1. The van der Waals surface area contributed by atoms with Gasteiger partial charge in [-0.2, -0.15) is 0 Å². The summed E-state index contributed by atoms with van der Waals surface area (Å²) in [5, 5.41) is 50.3. The van der Waals surface area contributed by atoms with Crippen LogP contribution in [0.5, 0.6) is 5.75 Å². The van der Waals surface area contributed by atoms with Gasteiger partial charge in [0, 0.05) is 53.6 Å². The summed E-state index contributed by atoms with van der Waals surface area (Å²) in [6.07, 6.45) is -0.199. The standard InChI is InChI=1S/C43H46O9/c1-8-27(45)20-31-41(6)22(4)29-17-16-26(19-28(46)18-25-14-11-13-24-12-9-10-15-30(24)25)36(47)33(29)38(49)35(41)40(51)43(52)39(50)32(23(5)44)37(48)34(21(2)3)42(31,43)7/h9-17,21-22,31,34,47-48,51-52H,8,18-20H2,1-7H3/t22-,31-,34?,41-,42-,43+/m1/s1. The van der Waals surface area contributed by atoms with Crippen molar-refractivity contribution in [1.82, 2.24) is 0 Å². The maximum Gasteiger partial charge on any atom is 0.209 e. The van der Waals surface area contributed by atoms with Crippen molar-refractivity contribution in [1.29, 1.82) is 0 Å². The fourth-order valence-electron chi connectivity index (χ4n) is 10.1. The van der Waals surface area contributed by atoms with Crippen LogP contribution in [-0.4, -0.2) is 54.9 Å². The molecule has 1 unspecified atom stereocenters. The number of ketones is 5. The minimum atomic E-state index is -2.88. The third-order valence-corrected chi connectivity index (χ3v) is 12.7. The Morgan fingerprint density at radius 3 is 2.13 bits per heavy atom. The van der Waals surface area contributed by atoms with Gasteiger partial charge in [-0.25, -0.2) is 0 Å². The molecule has 6 rings (SSSR count). The Morgan fingerprint density at radius 2 is 1.50 bits per heavy atom. The van der Waals surface area contributed by atoms with Gasteiger partial charge in [0.05, 0.1) is 5.56 Å². The number of aliphatic hydroxyl groups excluding tert-OH is 2. The van der Waals surface area contributed by atoms with Crippen LogP contribution in [0, 0.1) is 28.6 Å². The molecule has 0 radical (unpaired) electrons. The number of carbonyl (C=O) groups excluding carboxylic acids is 5. The molecule has 9 nitrogen and oxygen atoms in total. The SMILES string of the molecule is CCC(=O)C[C@@H]1[C@]2(C)C(=C(O)[C@@]3(O)C(=O)C(C(C)=O)=C(O)C(C(C)C)[C@@]13C)C(=O)c1c(ccc(CC(=O)Cc3cccc4ccccc34)c1O)[C@H]2C. The van der Waals surface area contributed by atoms with E-state index in [0.29, 0.717) is 5.56 Å². The van der Waals surface area contributed by atoms with Crippen molar-refractivity contribution in [2.45, 2.75) is 85.7 Å². The van der Waals surface area contributed by atoms with Gasteiger partial charge in [0.2, 0.25) is 5.78 Å². The summed E-state index contributed by atoms with van der Waals surface area (Å²) >= 11 is 0. The van der Waals surface area contributed by atoms with Crippen LogP contribution < -0.4 is 0 Å². The molecule has 272 valence electrons. The Morgan fingerprint density at radius 1 is 0.865 bits per heavy atom. The number of hydrogen-bond acceptors (Lipinski definition) is 9. The van der Waals surface area contributed by atoms with Crippen LogP contribution >= 0.6 is 0 Å². The molecule has 0 saturated heterocycles. The molecule has 0 aromatic heterocycles. The molecule has 6 atom stereocenters.